The molecule has 0 radical (unpaired) electrons. The SMILES string of the molecule is Cc1ccc(C(=[O+][O-])c2ccc(C)c(C)c2)cc1C. The van der Waals surface area contributed by atoms with Gasteiger partial charge in [-0.05, 0) is 74.2 Å². The van der Waals surface area contributed by atoms with Crippen molar-refractivity contribution in [3.63, 3.8) is 0 Å². The summed E-state index contributed by atoms with van der Waals surface area (Å²) in [5, 5.41) is 11.1. The summed E-state index contributed by atoms with van der Waals surface area (Å²) in [6, 6.07) is 11.8. The molecule has 19 heavy (non-hydrogen) atoms. The third kappa shape index (κ3) is 2.68. The monoisotopic (exact) mass is 254 g/mol. The summed E-state index contributed by atoms with van der Waals surface area (Å²) in [6.07, 6.45) is 0. The summed E-state index contributed by atoms with van der Waals surface area (Å²) in [6.45, 7) is 8.16. The Morgan fingerprint density at radius 1 is 0.737 bits per heavy atom. The van der Waals surface area contributed by atoms with Crippen LogP contribution in [-0.2, 0) is 0 Å². The number of hydrogen-bond acceptors (Lipinski definition) is 1. The summed E-state index contributed by atoms with van der Waals surface area (Å²) >= 11 is 0. The number of rotatable bonds is 2. The summed E-state index contributed by atoms with van der Waals surface area (Å²) in [4.78, 5) is 0. The van der Waals surface area contributed by atoms with Gasteiger partial charge in [0.15, 0.2) is 0 Å². The van der Waals surface area contributed by atoms with Gasteiger partial charge in [-0.3, -0.25) is 0 Å². The summed E-state index contributed by atoms with van der Waals surface area (Å²) in [7, 11) is 0. The zero-order valence-corrected chi connectivity index (χ0v) is 11.8. The van der Waals surface area contributed by atoms with Gasteiger partial charge in [0.1, 0.15) is 0 Å². The van der Waals surface area contributed by atoms with E-state index in [1.807, 2.05) is 64.1 Å². The molecular weight excluding hydrogens is 236 g/mol. The van der Waals surface area contributed by atoms with E-state index in [2.05, 4.69) is 4.58 Å². The molecule has 2 aromatic carbocycles. The minimum atomic E-state index is 0.381. The molecule has 2 heteroatoms. The highest BCUT2D eigenvalue weighted by Gasteiger charge is 2.19. The third-order valence-corrected chi connectivity index (χ3v) is 3.62. The van der Waals surface area contributed by atoms with Crippen LogP contribution in [0.25, 0.3) is 0 Å². The van der Waals surface area contributed by atoms with Crippen LogP contribution in [0.15, 0.2) is 36.4 Å². The molecule has 0 aliphatic heterocycles. The Morgan fingerprint density at radius 3 is 1.47 bits per heavy atom. The fraction of sp³-hybridized carbons (Fsp3) is 0.235. The highest BCUT2D eigenvalue weighted by atomic mass is 17.1. The van der Waals surface area contributed by atoms with Crippen molar-refractivity contribution < 1.29 is 9.83 Å². The Balaban J connectivity index is 2.50. The van der Waals surface area contributed by atoms with Gasteiger partial charge < -0.3 is 5.26 Å². The van der Waals surface area contributed by atoms with Gasteiger partial charge in [-0.1, -0.05) is 12.1 Å². The van der Waals surface area contributed by atoms with Gasteiger partial charge in [0, 0.05) is 0 Å². The molecule has 0 atom stereocenters. The van der Waals surface area contributed by atoms with Crippen LogP contribution in [-0.4, -0.2) is 5.78 Å². The van der Waals surface area contributed by atoms with Crippen molar-refractivity contribution in [2.24, 2.45) is 0 Å². The van der Waals surface area contributed by atoms with Crippen molar-refractivity contribution in [3.8, 4) is 0 Å². The topological polar surface area (TPSA) is 34.4 Å². The Labute approximate surface area is 114 Å². The van der Waals surface area contributed by atoms with E-state index in [9.17, 15) is 5.26 Å². The molecule has 0 bridgehead atoms. The quantitative estimate of drug-likeness (QED) is 0.351. The summed E-state index contributed by atoms with van der Waals surface area (Å²) in [5.74, 6) is 0.381. The number of carbonyl (C=O) groups excluding carboxylic acids is 1. The van der Waals surface area contributed by atoms with Gasteiger partial charge in [0.25, 0.3) is 0 Å². The van der Waals surface area contributed by atoms with Crippen LogP contribution in [0.3, 0.4) is 0 Å². The first-order chi connectivity index (χ1) is 9.02. The van der Waals surface area contributed by atoms with Crippen molar-refractivity contribution >= 4 is 5.78 Å². The van der Waals surface area contributed by atoms with E-state index in [0.717, 1.165) is 22.3 Å². The van der Waals surface area contributed by atoms with Crippen molar-refractivity contribution in [2.45, 2.75) is 27.7 Å². The molecule has 0 saturated heterocycles. The second-order valence-corrected chi connectivity index (χ2v) is 5.01. The van der Waals surface area contributed by atoms with Crippen molar-refractivity contribution in [2.75, 3.05) is 0 Å². The van der Waals surface area contributed by atoms with Crippen molar-refractivity contribution in [1.29, 1.82) is 0 Å². The number of aryl methyl sites for hydroxylation is 4. The molecule has 2 nitrogen and oxygen atoms in total. The molecule has 0 unspecified atom stereocenters. The standard InChI is InChI=1S/C17H18O2/c1-11-5-7-15(9-13(11)3)17(19-18)16-8-6-12(2)14(4)10-16/h5-10H,1-4H3. The molecule has 0 saturated carbocycles. The number of ketones is 1. The lowest BCUT2D eigenvalue weighted by atomic mass is 9.97. The lowest BCUT2D eigenvalue weighted by Gasteiger charge is -2.04. The first kappa shape index (κ1) is 13.3. The third-order valence-electron chi connectivity index (χ3n) is 3.62. The Bertz CT molecular complexity index is 586. The minimum Gasteiger partial charge on any atom is -0.462 e. The van der Waals surface area contributed by atoms with Crippen LogP contribution < -0.4 is 5.26 Å². The van der Waals surface area contributed by atoms with Crippen molar-refractivity contribution in [1.82, 2.24) is 0 Å². The first-order valence-electron chi connectivity index (χ1n) is 6.35. The van der Waals surface area contributed by atoms with Gasteiger partial charge in [-0.2, -0.15) is 4.58 Å². The molecule has 0 aliphatic rings. The molecule has 2 aromatic rings. The molecule has 2 rings (SSSR count). The predicted molar refractivity (Wildman–Crippen MR) is 75.3 cm³/mol. The maximum atomic E-state index is 11.1. The molecule has 0 amide bonds. The van der Waals surface area contributed by atoms with E-state index < -0.39 is 0 Å². The normalized spacial score (nSPS) is 10.3. The second-order valence-electron chi connectivity index (χ2n) is 5.01. The highest BCUT2D eigenvalue weighted by Crippen LogP contribution is 2.17. The molecule has 98 valence electrons. The van der Waals surface area contributed by atoms with Crippen LogP contribution in [0.4, 0.5) is 0 Å². The van der Waals surface area contributed by atoms with E-state index in [1.54, 1.807) is 0 Å². The average Bonchev–Trinajstić information content (AvgIpc) is 2.39. The minimum absolute atomic E-state index is 0.381. The van der Waals surface area contributed by atoms with E-state index >= 15 is 0 Å². The molecule has 0 spiro atoms. The Morgan fingerprint density at radius 2 is 1.16 bits per heavy atom. The lowest BCUT2D eigenvalue weighted by molar-refractivity contribution is -0.937. The van der Waals surface area contributed by atoms with Gasteiger partial charge >= 0.3 is 5.78 Å². The number of hydrogen-bond donors (Lipinski definition) is 0. The van der Waals surface area contributed by atoms with E-state index in [-0.39, 0.29) is 0 Å². The van der Waals surface area contributed by atoms with Crippen molar-refractivity contribution in [3.05, 3.63) is 69.8 Å². The molecule has 0 aliphatic carbocycles. The molecule has 0 aromatic heterocycles. The zero-order chi connectivity index (χ0) is 14.0. The average molecular weight is 254 g/mol. The fourth-order valence-electron chi connectivity index (χ4n) is 2.03. The van der Waals surface area contributed by atoms with Crippen LogP contribution in [0.5, 0.6) is 0 Å². The maximum absolute atomic E-state index is 11.1. The summed E-state index contributed by atoms with van der Waals surface area (Å²) < 4.78 is 4.38. The zero-order valence-electron chi connectivity index (χ0n) is 11.8. The molecule has 0 N–H and O–H groups in total. The Hall–Kier alpha value is -2.09. The van der Waals surface area contributed by atoms with Crippen LogP contribution in [0.2, 0.25) is 0 Å². The van der Waals surface area contributed by atoms with Crippen LogP contribution >= 0.6 is 0 Å². The smallest absolute Gasteiger partial charge is 0.390 e. The van der Waals surface area contributed by atoms with Gasteiger partial charge in [-0.25, -0.2) is 0 Å². The molecule has 0 heterocycles. The highest BCUT2D eigenvalue weighted by molar-refractivity contribution is 6.09. The van der Waals surface area contributed by atoms with Gasteiger partial charge in [0.2, 0.25) is 0 Å². The van der Waals surface area contributed by atoms with E-state index in [1.165, 1.54) is 11.1 Å². The predicted octanol–water partition coefficient (Wildman–Crippen LogP) is 2.96. The Kier molecular flexibility index (Phi) is 3.70. The van der Waals surface area contributed by atoms with E-state index in [0.29, 0.717) is 5.78 Å². The van der Waals surface area contributed by atoms with Gasteiger partial charge in [-0.15, -0.1) is 0 Å². The molecule has 0 fully saturated rings. The number of benzene rings is 2. The van der Waals surface area contributed by atoms with E-state index in [4.69, 9.17) is 0 Å². The van der Waals surface area contributed by atoms with Crippen LogP contribution in [0, 0.1) is 27.7 Å². The summed E-state index contributed by atoms with van der Waals surface area (Å²) in [5.41, 5.74) is 6.35. The fourth-order valence-corrected chi connectivity index (χ4v) is 2.03. The van der Waals surface area contributed by atoms with Crippen LogP contribution in [0.1, 0.15) is 38.0 Å². The maximum Gasteiger partial charge on any atom is 0.390 e. The second kappa shape index (κ2) is 5.27. The van der Waals surface area contributed by atoms with Gasteiger partial charge in [0.05, 0.1) is 11.1 Å². The first-order valence-corrected chi connectivity index (χ1v) is 6.35. The lowest BCUT2D eigenvalue weighted by Crippen LogP contribution is -2.10. The largest absolute Gasteiger partial charge is 0.462 e. The molecular formula is C17H18O2.